The van der Waals surface area contributed by atoms with Gasteiger partial charge in [0.1, 0.15) is 5.75 Å². The number of carbonyl (C=O) groups is 2. The number of carbonyl (C=O) groups excluding carboxylic acids is 2. The van der Waals surface area contributed by atoms with Crippen molar-refractivity contribution in [3.8, 4) is 17.0 Å². The van der Waals surface area contributed by atoms with Gasteiger partial charge in [0.2, 0.25) is 11.8 Å². The van der Waals surface area contributed by atoms with Crippen LogP contribution in [0.3, 0.4) is 0 Å². The molecule has 41 heavy (non-hydrogen) atoms. The predicted octanol–water partition coefficient (Wildman–Crippen LogP) is 5.50. The van der Waals surface area contributed by atoms with Gasteiger partial charge in [0.25, 0.3) is 0 Å². The summed E-state index contributed by atoms with van der Waals surface area (Å²) in [4.78, 5) is 31.5. The number of hydrogen-bond acceptors (Lipinski definition) is 4. The molecule has 0 spiro atoms. The average molecular weight is 555 g/mol. The Bertz CT molecular complexity index is 1540. The zero-order chi connectivity index (χ0) is 28.6. The summed E-state index contributed by atoms with van der Waals surface area (Å²) < 4.78 is 8.11. The summed E-state index contributed by atoms with van der Waals surface area (Å²) in [6, 6.07) is 13.0. The lowest BCUT2D eigenvalue weighted by Crippen LogP contribution is -2.58. The van der Waals surface area contributed by atoms with Crippen molar-refractivity contribution >= 4 is 22.7 Å². The minimum absolute atomic E-state index is 0.138. The summed E-state index contributed by atoms with van der Waals surface area (Å²) in [5, 5.41) is 1.20. The minimum atomic E-state index is -0.514. The number of piperazine rings is 1. The van der Waals surface area contributed by atoms with Gasteiger partial charge in [0, 0.05) is 59.7 Å². The van der Waals surface area contributed by atoms with Gasteiger partial charge in [-0.15, -0.1) is 0 Å². The highest BCUT2D eigenvalue weighted by Crippen LogP contribution is 2.66. The normalized spacial score (nSPS) is 28.0. The van der Waals surface area contributed by atoms with Gasteiger partial charge < -0.3 is 19.9 Å². The van der Waals surface area contributed by atoms with Crippen LogP contribution in [0.15, 0.2) is 36.4 Å². The molecule has 2 unspecified atom stereocenters. The number of hydrogen-bond donors (Lipinski definition) is 1. The van der Waals surface area contributed by atoms with E-state index < -0.39 is 11.3 Å². The molecule has 3 aromatic rings. The highest BCUT2D eigenvalue weighted by Gasteiger charge is 2.64. The second-order valence-electron chi connectivity index (χ2n) is 13.2. The summed E-state index contributed by atoms with van der Waals surface area (Å²) in [5.74, 6) is 1.27. The standard InChI is InChI=1S/C34H42N4O3/c1-20-17-37(18-21(2)36(20)3)33(40)34-16-28(34)27-15-24(41-4)11-13-25(27)31-30(22-8-6-5-7-9-22)26-12-10-23(32(35)39)14-29(26)38(31)19-34/h10-15,20-22,28H,5-9,16-19H2,1-4H3,(H2,35,39)/t20-,21+,28?,34?. The number of aromatic nitrogens is 1. The van der Waals surface area contributed by atoms with Crippen molar-refractivity contribution < 1.29 is 14.3 Å². The molecule has 2 aromatic carbocycles. The summed E-state index contributed by atoms with van der Waals surface area (Å²) in [6.45, 7) is 6.54. The third-order valence-electron chi connectivity index (χ3n) is 10.9. The highest BCUT2D eigenvalue weighted by molar-refractivity contribution is 6.01. The molecule has 2 N–H and O–H groups in total. The lowest BCUT2D eigenvalue weighted by molar-refractivity contribution is -0.141. The molecule has 0 radical (unpaired) electrons. The van der Waals surface area contributed by atoms with E-state index in [0.717, 1.165) is 30.8 Å². The second kappa shape index (κ2) is 9.62. The number of methoxy groups -OCH3 is 1. The molecule has 2 amide bonds. The third kappa shape index (κ3) is 4.03. The smallest absolute Gasteiger partial charge is 0.248 e. The molecule has 3 fully saturated rings. The SMILES string of the molecule is COc1ccc2c(c1)C1CC1(C(=O)N1C[C@@H](C)N(C)[C@@H](C)C1)Cn1c-2c(C2CCCCC2)c2ccc(C(N)=O)cc21. The van der Waals surface area contributed by atoms with E-state index in [9.17, 15) is 9.59 Å². The van der Waals surface area contributed by atoms with E-state index >= 15 is 0 Å². The number of fused-ring (bicyclic) bond motifs is 7. The number of nitrogens with zero attached hydrogens (tertiary/aromatic N) is 3. The fraction of sp³-hybridized carbons (Fsp3) is 0.529. The molecule has 216 valence electrons. The van der Waals surface area contributed by atoms with Crippen molar-refractivity contribution in [2.24, 2.45) is 11.1 Å². The summed E-state index contributed by atoms with van der Waals surface area (Å²) in [5.41, 5.74) is 11.9. The molecule has 1 saturated heterocycles. The topological polar surface area (TPSA) is 80.8 Å². The zero-order valence-electron chi connectivity index (χ0n) is 24.8. The van der Waals surface area contributed by atoms with Gasteiger partial charge in [-0.05, 0) is 87.5 Å². The molecule has 2 saturated carbocycles. The molecule has 2 aliphatic carbocycles. The van der Waals surface area contributed by atoms with Crippen LogP contribution in [0.2, 0.25) is 0 Å². The van der Waals surface area contributed by atoms with Gasteiger partial charge in [-0.1, -0.05) is 25.3 Å². The van der Waals surface area contributed by atoms with Crippen LogP contribution in [0.5, 0.6) is 5.75 Å². The van der Waals surface area contributed by atoms with Crippen LogP contribution < -0.4 is 10.5 Å². The van der Waals surface area contributed by atoms with E-state index in [2.05, 4.69) is 59.5 Å². The molecule has 7 rings (SSSR count). The van der Waals surface area contributed by atoms with Gasteiger partial charge in [-0.2, -0.15) is 0 Å². The Labute approximate surface area is 242 Å². The van der Waals surface area contributed by atoms with Crippen LogP contribution in [-0.2, 0) is 11.3 Å². The number of ether oxygens (including phenoxy) is 1. The monoisotopic (exact) mass is 554 g/mol. The van der Waals surface area contributed by atoms with Crippen molar-refractivity contribution in [3.05, 3.63) is 53.1 Å². The maximum absolute atomic E-state index is 14.6. The van der Waals surface area contributed by atoms with E-state index in [1.54, 1.807) is 7.11 Å². The van der Waals surface area contributed by atoms with Crippen molar-refractivity contribution in [1.82, 2.24) is 14.4 Å². The first-order valence-electron chi connectivity index (χ1n) is 15.4. The van der Waals surface area contributed by atoms with E-state index in [0.29, 0.717) is 30.1 Å². The Kier molecular flexibility index (Phi) is 6.23. The fourth-order valence-electron chi connectivity index (χ4n) is 8.32. The van der Waals surface area contributed by atoms with Crippen molar-refractivity contribution in [2.45, 2.75) is 82.8 Å². The van der Waals surface area contributed by atoms with Crippen molar-refractivity contribution in [3.63, 3.8) is 0 Å². The Hall–Kier alpha value is -3.32. The van der Waals surface area contributed by atoms with E-state index in [4.69, 9.17) is 10.5 Å². The molecular formula is C34H42N4O3. The Morgan fingerprint density at radius 1 is 1.00 bits per heavy atom. The summed E-state index contributed by atoms with van der Waals surface area (Å²) in [7, 11) is 3.87. The number of benzene rings is 2. The molecule has 4 aliphatic rings. The Morgan fingerprint density at radius 2 is 1.73 bits per heavy atom. The quantitative estimate of drug-likeness (QED) is 0.462. The fourth-order valence-corrected chi connectivity index (χ4v) is 8.32. The maximum Gasteiger partial charge on any atom is 0.248 e. The molecule has 4 atom stereocenters. The Morgan fingerprint density at radius 3 is 2.41 bits per heavy atom. The van der Waals surface area contributed by atoms with Gasteiger partial charge in [-0.3, -0.25) is 14.5 Å². The predicted molar refractivity (Wildman–Crippen MR) is 161 cm³/mol. The molecule has 0 bridgehead atoms. The molecule has 2 aliphatic heterocycles. The number of nitrogens with two attached hydrogens (primary N) is 1. The number of amides is 2. The number of rotatable bonds is 4. The van der Waals surface area contributed by atoms with Gasteiger partial charge in [0.05, 0.1) is 18.2 Å². The van der Waals surface area contributed by atoms with Crippen LogP contribution in [0.4, 0.5) is 0 Å². The van der Waals surface area contributed by atoms with Crippen LogP contribution in [0.1, 0.15) is 85.7 Å². The third-order valence-corrected chi connectivity index (χ3v) is 10.9. The maximum atomic E-state index is 14.6. The lowest BCUT2D eigenvalue weighted by atomic mass is 9.81. The first kappa shape index (κ1) is 26.6. The van der Waals surface area contributed by atoms with Gasteiger partial charge in [-0.25, -0.2) is 0 Å². The van der Waals surface area contributed by atoms with Gasteiger partial charge >= 0.3 is 0 Å². The molecule has 3 heterocycles. The van der Waals surface area contributed by atoms with Crippen molar-refractivity contribution in [1.29, 1.82) is 0 Å². The first-order valence-corrected chi connectivity index (χ1v) is 15.4. The van der Waals surface area contributed by atoms with E-state index in [1.807, 2.05) is 12.1 Å². The van der Waals surface area contributed by atoms with E-state index in [1.165, 1.54) is 59.9 Å². The molecular weight excluding hydrogens is 512 g/mol. The number of primary amides is 1. The largest absolute Gasteiger partial charge is 0.497 e. The highest BCUT2D eigenvalue weighted by atomic mass is 16.5. The summed E-state index contributed by atoms with van der Waals surface area (Å²) in [6.07, 6.45) is 6.91. The summed E-state index contributed by atoms with van der Waals surface area (Å²) >= 11 is 0. The average Bonchev–Trinajstić information content (AvgIpc) is 3.65. The molecule has 7 nitrogen and oxygen atoms in total. The second-order valence-corrected chi connectivity index (χ2v) is 13.2. The molecule has 1 aromatic heterocycles. The lowest BCUT2D eigenvalue weighted by Gasteiger charge is -2.43. The van der Waals surface area contributed by atoms with Gasteiger partial charge in [0.15, 0.2) is 0 Å². The minimum Gasteiger partial charge on any atom is -0.497 e. The zero-order valence-corrected chi connectivity index (χ0v) is 24.8. The van der Waals surface area contributed by atoms with Crippen LogP contribution in [0, 0.1) is 5.41 Å². The van der Waals surface area contributed by atoms with Crippen molar-refractivity contribution in [2.75, 3.05) is 27.2 Å². The van der Waals surface area contributed by atoms with Crippen LogP contribution in [0.25, 0.3) is 22.2 Å². The van der Waals surface area contributed by atoms with Crippen LogP contribution >= 0.6 is 0 Å². The number of likely N-dealkylation sites (N-methyl/N-ethyl adjacent to an activating group) is 1. The molecule has 7 heteroatoms. The Balaban J connectivity index is 1.45. The first-order chi connectivity index (χ1) is 19.7. The van der Waals surface area contributed by atoms with Crippen LogP contribution in [-0.4, -0.2) is 65.5 Å². The van der Waals surface area contributed by atoms with E-state index in [-0.39, 0.29) is 11.8 Å².